The van der Waals surface area contributed by atoms with Gasteiger partial charge in [-0.3, -0.25) is 0 Å². The molecule has 0 aromatic heterocycles. The molecule has 0 amide bonds. The highest BCUT2D eigenvalue weighted by Crippen LogP contribution is 2.46. The highest BCUT2D eigenvalue weighted by Gasteiger charge is 2.31. The summed E-state index contributed by atoms with van der Waals surface area (Å²) in [5, 5.41) is 22.3. The molecule has 1 atom stereocenters. The molecule has 4 rings (SSSR count). The maximum atomic E-state index is 13.6. The van der Waals surface area contributed by atoms with Crippen molar-refractivity contribution in [1.29, 1.82) is 5.26 Å². The van der Waals surface area contributed by atoms with Gasteiger partial charge in [0.2, 0.25) is 0 Å². The number of nitrogens with zero attached hydrogens (tertiary/aromatic N) is 1. The molecule has 2 aromatic carbocycles. The summed E-state index contributed by atoms with van der Waals surface area (Å²) in [4.78, 5) is 0. The average molecular weight is 372 g/mol. The van der Waals surface area contributed by atoms with Gasteiger partial charge in [0, 0.05) is 17.5 Å². The van der Waals surface area contributed by atoms with Crippen LogP contribution in [-0.4, -0.2) is 11.2 Å². The number of aliphatic hydroxyl groups is 1. The summed E-state index contributed by atoms with van der Waals surface area (Å²) >= 11 is 0. The third-order valence-corrected chi connectivity index (χ3v) is 5.10. The second kappa shape index (κ2) is 7.84. The fraction of sp³-hybridized carbons (Fsp3) is 0.208. The lowest BCUT2D eigenvalue weighted by atomic mass is 9.87. The number of nitrogens with one attached hydrogen (secondary N) is 1. The first-order chi connectivity index (χ1) is 13.7. The zero-order valence-corrected chi connectivity index (χ0v) is 15.4. The quantitative estimate of drug-likeness (QED) is 0.760. The third kappa shape index (κ3) is 3.76. The molecule has 0 bridgehead atoms. The van der Waals surface area contributed by atoms with E-state index < -0.39 is 6.10 Å². The van der Waals surface area contributed by atoms with Crippen LogP contribution in [0.4, 0.5) is 10.1 Å². The number of halogens is 1. The smallest absolute Gasteiger partial charge is 0.123 e. The maximum Gasteiger partial charge on any atom is 0.123 e. The molecular formula is C24H21FN2O. The molecule has 2 aliphatic rings. The Bertz CT molecular complexity index is 1010. The molecule has 0 spiro atoms. The summed E-state index contributed by atoms with van der Waals surface area (Å²) in [5.41, 5.74) is 6.11. The lowest BCUT2D eigenvalue weighted by molar-refractivity contribution is 0.229. The molecular weight excluding hydrogens is 351 g/mol. The van der Waals surface area contributed by atoms with E-state index in [1.54, 1.807) is 18.2 Å². The van der Waals surface area contributed by atoms with Crippen molar-refractivity contribution in [2.24, 2.45) is 5.92 Å². The Kier molecular flexibility index (Phi) is 5.10. The van der Waals surface area contributed by atoms with Crippen LogP contribution >= 0.6 is 0 Å². The van der Waals surface area contributed by atoms with Crippen molar-refractivity contribution in [3.63, 3.8) is 0 Å². The fourth-order valence-electron chi connectivity index (χ4n) is 3.56. The lowest BCUT2D eigenvalue weighted by Crippen LogP contribution is -2.02. The summed E-state index contributed by atoms with van der Waals surface area (Å²) < 4.78 is 13.6. The highest BCUT2D eigenvalue weighted by molar-refractivity contribution is 5.92. The Labute approximate surface area is 164 Å². The van der Waals surface area contributed by atoms with Gasteiger partial charge in [-0.1, -0.05) is 42.5 Å². The van der Waals surface area contributed by atoms with Crippen molar-refractivity contribution in [3.05, 3.63) is 95.0 Å². The summed E-state index contributed by atoms with van der Waals surface area (Å²) in [7, 11) is 0. The van der Waals surface area contributed by atoms with Gasteiger partial charge in [-0.25, -0.2) is 4.39 Å². The van der Waals surface area contributed by atoms with Gasteiger partial charge in [-0.05, 0) is 59.2 Å². The van der Waals surface area contributed by atoms with Crippen LogP contribution in [0.5, 0.6) is 0 Å². The molecule has 1 fully saturated rings. The first kappa shape index (κ1) is 18.2. The van der Waals surface area contributed by atoms with Crippen molar-refractivity contribution < 1.29 is 9.50 Å². The summed E-state index contributed by atoms with van der Waals surface area (Å²) in [5.74, 6) is 0.189. The first-order valence-corrected chi connectivity index (χ1v) is 9.47. The number of para-hydroxylation sites is 1. The standard InChI is InChI=1S/C24H21FN2O/c25-18-9-7-17(8-10-18)24-20(12-11-19(28)13-14-26)22(16-5-6-16)15-27-23-4-2-1-3-21(23)24/h1-4,7-12,15-16,19,27-28H,5-6,13H2/b12-11+/t19-/m1/s1. The molecule has 0 unspecified atom stereocenters. The van der Waals surface area contributed by atoms with E-state index in [0.717, 1.165) is 40.8 Å². The van der Waals surface area contributed by atoms with Gasteiger partial charge in [0.25, 0.3) is 0 Å². The van der Waals surface area contributed by atoms with Crippen LogP contribution in [0.1, 0.15) is 30.4 Å². The third-order valence-electron chi connectivity index (χ3n) is 5.10. The van der Waals surface area contributed by atoms with Gasteiger partial charge in [-0.15, -0.1) is 0 Å². The van der Waals surface area contributed by atoms with Crippen LogP contribution in [0.3, 0.4) is 0 Å². The van der Waals surface area contributed by atoms with E-state index in [9.17, 15) is 9.50 Å². The number of aliphatic hydroxyl groups excluding tert-OH is 1. The SMILES string of the molecule is N#CC[C@H](O)/C=C/C1=C(c2ccc(F)cc2)c2ccccc2NC=C1C1CC1. The number of hydrogen-bond donors (Lipinski definition) is 2. The fourth-order valence-corrected chi connectivity index (χ4v) is 3.56. The molecule has 2 N–H and O–H groups in total. The van der Waals surface area contributed by atoms with Crippen molar-refractivity contribution in [2.45, 2.75) is 25.4 Å². The molecule has 1 aliphatic heterocycles. The lowest BCUT2D eigenvalue weighted by Gasteiger charge is -2.16. The van der Waals surface area contributed by atoms with Gasteiger partial charge >= 0.3 is 0 Å². The maximum absolute atomic E-state index is 13.6. The molecule has 0 saturated heterocycles. The van der Waals surface area contributed by atoms with E-state index in [-0.39, 0.29) is 12.2 Å². The normalized spacial score (nSPS) is 17.4. The van der Waals surface area contributed by atoms with Crippen LogP contribution in [0, 0.1) is 23.1 Å². The van der Waals surface area contributed by atoms with E-state index in [1.165, 1.54) is 17.7 Å². The van der Waals surface area contributed by atoms with Gasteiger partial charge in [0.1, 0.15) is 5.82 Å². The van der Waals surface area contributed by atoms with Gasteiger partial charge < -0.3 is 10.4 Å². The van der Waals surface area contributed by atoms with E-state index in [4.69, 9.17) is 5.26 Å². The summed E-state index contributed by atoms with van der Waals surface area (Å²) in [6, 6.07) is 16.5. The molecule has 28 heavy (non-hydrogen) atoms. The van der Waals surface area contributed by atoms with Crippen LogP contribution in [0.25, 0.3) is 5.57 Å². The minimum Gasteiger partial charge on any atom is -0.388 e. The van der Waals surface area contributed by atoms with Crippen LogP contribution in [0.2, 0.25) is 0 Å². The number of benzene rings is 2. The predicted octanol–water partition coefficient (Wildman–Crippen LogP) is 5.18. The Morgan fingerprint density at radius 3 is 2.64 bits per heavy atom. The Balaban J connectivity index is 1.94. The number of nitriles is 1. The van der Waals surface area contributed by atoms with Gasteiger partial charge in [0.05, 0.1) is 18.6 Å². The Hall–Kier alpha value is -3.16. The van der Waals surface area contributed by atoms with E-state index in [1.807, 2.05) is 42.6 Å². The predicted molar refractivity (Wildman–Crippen MR) is 109 cm³/mol. The minimum absolute atomic E-state index is 0.0486. The Morgan fingerprint density at radius 1 is 1.18 bits per heavy atom. The average Bonchev–Trinajstić information content (AvgIpc) is 3.53. The molecule has 3 nitrogen and oxygen atoms in total. The van der Waals surface area contributed by atoms with E-state index >= 15 is 0 Å². The number of fused-ring (bicyclic) bond motifs is 1. The van der Waals surface area contributed by atoms with E-state index in [0.29, 0.717) is 5.92 Å². The zero-order valence-electron chi connectivity index (χ0n) is 15.4. The van der Waals surface area contributed by atoms with E-state index in [2.05, 4.69) is 5.32 Å². The molecule has 0 radical (unpaired) electrons. The minimum atomic E-state index is -0.820. The van der Waals surface area contributed by atoms with Crippen LogP contribution in [0.15, 0.2) is 78.0 Å². The van der Waals surface area contributed by atoms with Crippen LogP contribution < -0.4 is 5.32 Å². The molecule has 140 valence electrons. The molecule has 1 saturated carbocycles. The van der Waals surface area contributed by atoms with Crippen molar-refractivity contribution in [3.8, 4) is 6.07 Å². The summed E-state index contributed by atoms with van der Waals surface area (Å²) in [6.45, 7) is 0. The van der Waals surface area contributed by atoms with Crippen molar-refractivity contribution >= 4 is 11.3 Å². The first-order valence-electron chi connectivity index (χ1n) is 9.47. The zero-order chi connectivity index (χ0) is 19.5. The second-order valence-electron chi connectivity index (χ2n) is 7.15. The number of hydrogen-bond acceptors (Lipinski definition) is 3. The summed E-state index contributed by atoms with van der Waals surface area (Å²) in [6.07, 6.45) is 7.10. The molecule has 2 aromatic rings. The van der Waals surface area contributed by atoms with Crippen molar-refractivity contribution in [1.82, 2.24) is 0 Å². The molecule has 1 heterocycles. The number of allylic oxidation sites excluding steroid dienone is 3. The number of anilines is 1. The highest BCUT2D eigenvalue weighted by atomic mass is 19.1. The second-order valence-corrected chi connectivity index (χ2v) is 7.15. The molecule has 4 heteroatoms. The number of rotatable bonds is 5. The monoisotopic (exact) mass is 372 g/mol. The van der Waals surface area contributed by atoms with Crippen molar-refractivity contribution in [2.75, 3.05) is 5.32 Å². The van der Waals surface area contributed by atoms with Gasteiger partial charge in [0.15, 0.2) is 0 Å². The molecule has 1 aliphatic carbocycles. The topological polar surface area (TPSA) is 56.0 Å². The Morgan fingerprint density at radius 2 is 1.93 bits per heavy atom. The largest absolute Gasteiger partial charge is 0.388 e. The van der Waals surface area contributed by atoms with Crippen LogP contribution in [-0.2, 0) is 0 Å². The van der Waals surface area contributed by atoms with Gasteiger partial charge in [-0.2, -0.15) is 5.26 Å².